The largest absolute Gasteiger partial charge is 0.390 e. The van der Waals surface area contributed by atoms with E-state index in [1.807, 2.05) is 0 Å². The van der Waals surface area contributed by atoms with Crippen LogP contribution in [0.3, 0.4) is 0 Å². The Kier molecular flexibility index (Phi) is 4.66. The summed E-state index contributed by atoms with van der Waals surface area (Å²) >= 11 is 0. The molecule has 0 aromatic rings. The van der Waals surface area contributed by atoms with Crippen LogP contribution in [0, 0.1) is 11.8 Å². The molecule has 1 saturated carbocycles. The lowest BCUT2D eigenvalue weighted by atomic mass is 9.76. The highest BCUT2D eigenvalue weighted by atomic mass is 16.5. The first kappa shape index (κ1) is 12.4. The molecule has 1 heterocycles. The maximum Gasteiger partial charge on any atom is 0.0836 e. The average molecular weight is 226 g/mol. The Bertz CT molecular complexity index is 199. The smallest absolute Gasteiger partial charge is 0.0836 e. The molecule has 4 atom stereocenters. The Morgan fingerprint density at radius 3 is 2.75 bits per heavy atom. The lowest BCUT2D eigenvalue weighted by Crippen LogP contribution is -2.39. The predicted molar refractivity (Wildman–Crippen MR) is 65.3 cm³/mol. The molecule has 2 nitrogen and oxygen atoms in total. The van der Waals surface area contributed by atoms with Crippen molar-refractivity contribution in [2.24, 2.45) is 11.8 Å². The molecule has 1 N–H and O–H groups in total. The molecule has 0 amide bonds. The predicted octanol–water partition coefficient (Wildman–Crippen LogP) is 3.13. The van der Waals surface area contributed by atoms with Crippen LogP contribution in [0.25, 0.3) is 0 Å². The summed E-state index contributed by atoms with van der Waals surface area (Å²) in [5.41, 5.74) is 0. The molecule has 2 fully saturated rings. The minimum Gasteiger partial charge on any atom is -0.390 e. The lowest BCUT2D eigenvalue weighted by molar-refractivity contribution is -0.0913. The summed E-state index contributed by atoms with van der Waals surface area (Å²) in [7, 11) is 0. The van der Waals surface area contributed by atoms with Gasteiger partial charge in [-0.25, -0.2) is 0 Å². The molecule has 1 saturated heterocycles. The van der Waals surface area contributed by atoms with Gasteiger partial charge < -0.3 is 9.84 Å². The van der Waals surface area contributed by atoms with Crippen LogP contribution < -0.4 is 0 Å². The van der Waals surface area contributed by atoms with Crippen LogP contribution in [0.4, 0.5) is 0 Å². The highest BCUT2D eigenvalue weighted by Crippen LogP contribution is 2.35. The van der Waals surface area contributed by atoms with Crippen molar-refractivity contribution in [3.8, 4) is 0 Å². The zero-order valence-corrected chi connectivity index (χ0v) is 10.5. The number of ether oxygens (including phenoxy) is 1. The number of hydrogen-bond donors (Lipinski definition) is 1. The van der Waals surface area contributed by atoms with Crippen molar-refractivity contribution >= 4 is 0 Å². The highest BCUT2D eigenvalue weighted by molar-refractivity contribution is 4.83. The second kappa shape index (κ2) is 6.02. The molecule has 2 rings (SSSR count). The second-order valence-electron chi connectivity index (χ2n) is 5.60. The summed E-state index contributed by atoms with van der Waals surface area (Å²) in [6.45, 7) is 3.13. The van der Waals surface area contributed by atoms with Gasteiger partial charge in [0.05, 0.1) is 12.2 Å². The van der Waals surface area contributed by atoms with E-state index in [-0.39, 0.29) is 12.2 Å². The number of aliphatic hydroxyl groups is 1. The van der Waals surface area contributed by atoms with Crippen molar-refractivity contribution in [3.63, 3.8) is 0 Å². The minimum atomic E-state index is -0.199. The molecule has 0 radical (unpaired) electrons. The molecule has 16 heavy (non-hydrogen) atoms. The SMILES string of the molecule is CCC1CCCC(C(O)C2CCCCO2)C1. The summed E-state index contributed by atoms with van der Waals surface area (Å²) in [6, 6.07) is 0. The third-order valence-corrected chi connectivity index (χ3v) is 4.48. The normalized spacial score (nSPS) is 38.2. The highest BCUT2D eigenvalue weighted by Gasteiger charge is 2.32. The van der Waals surface area contributed by atoms with E-state index in [9.17, 15) is 5.11 Å². The van der Waals surface area contributed by atoms with E-state index in [1.54, 1.807) is 0 Å². The van der Waals surface area contributed by atoms with E-state index >= 15 is 0 Å². The van der Waals surface area contributed by atoms with E-state index in [4.69, 9.17) is 4.74 Å². The maximum atomic E-state index is 10.4. The first-order valence-electron chi connectivity index (χ1n) is 7.11. The average Bonchev–Trinajstić information content (AvgIpc) is 2.39. The topological polar surface area (TPSA) is 29.5 Å². The van der Waals surface area contributed by atoms with E-state index in [0.29, 0.717) is 5.92 Å². The fourth-order valence-electron chi connectivity index (χ4n) is 3.35. The van der Waals surface area contributed by atoms with Gasteiger partial charge in [-0.1, -0.05) is 26.2 Å². The summed E-state index contributed by atoms with van der Waals surface area (Å²) in [5.74, 6) is 1.35. The van der Waals surface area contributed by atoms with Crippen LogP contribution in [-0.2, 0) is 4.74 Å². The minimum absolute atomic E-state index is 0.134. The summed E-state index contributed by atoms with van der Waals surface area (Å²) in [6.07, 6.45) is 9.76. The van der Waals surface area contributed by atoms with Crippen molar-refractivity contribution in [2.75, 3.05) is 6.61 Å². The Morgan fingerprint density at radius 2 is 2.06 bits per heavy atom. The molecular formula is C14H26O2. The summed E-state index contributed by atoms with van der Waals surface area (Å²) < 4.78 is 5.71. The van der Waals surface area contributed by atoms with Gasteiger partial charge in [0, 0.05) is 6.61 Å². The Labute approximate surface area is 99.4 Å². The molecule has 4 unspecified atom stereocenters. The molecule has 1 aliphatic heterocycles. The molecular weight excluding hydrogens is 200 g/mol. The molecule has 94 valence electrons. The third-order valence-electron chi connectivity index (χ3n) is 4.48. The zero-order chi connectivity index (χ0) is 11.4. The molecule has 0 aromatic carbocycles. The van der Waals surface area contributed by atoms with Crippen molar-refractivity contribution < 1.29 is 9.84 Å². The summed E-state index contributed by atoms with van der Waals surface area (Å²) in [5, 5.41) is 10.4. The Balaban J connectivity index is 1.84. The van der Waals surface area contributed by atoms with Crippen LogP contribution >= 0.6 is 0 Å². The van der Waals surface area contributed by atoms with Gasteiger partial charge in [-0.15, -0.1) is 0 Å². The van der Waals surface area contributed by atoms with Crippen LogP contribution in [-0.4, -0.2) is 23.9 Å². The fourth-order valence-corrected chi connectivity index (χ4v) is 3.35. The lowest BCUT2D eigenvalue weighted by Gasteiger charge is -2.36. The standard InChI is InChI=1S/C14H26O2/c1-2-11-6-5-7-12(10-11)14(15)13-8-3-4-9-16-13/h11-15H,2-10H2,1H3. The van der Waals surface area contributed by atoms with Gasteiger partial charge in [0.15, 0.2) is 0 Å². The second-order valence-corrected chi connectivity index (χ2v) is 5.60. The van der Waals surface area contributed by atoms with Crippen molar-refractivity contribution in [2.45, 2.75) is 70.5 Å². The van der Waals surface area contributed by atoms with Crippen LogP contribution in [0.2, 0.25) is 0 Å². The van der Waals surface area contributed by atoms with Crippen molar-refractivity contribution in [1.82, 2.24) is 0 Å². The zero-order valence-electron chi connectivity index (χ0n) is 10.5. The maximum absolute atomic E-state index is 10.4. The fraction of sp³-hybridized carbons (Fsp3) is 1.00. The van der Waals surface area contributed by atoms with E-state index in [2.05, 4.69) is 6.92 Å². The molecule has 2 aliphatic rings. The Hall–Kier alpha value is -0.0800. The van der Waals surface area contributed by atoms with Crippen LogP contribution in [0.5, 0.6) is 0 Å². The van der Waals surface area contributed by atoms with Crippen LogP contribution in [0.1, 0.15) is 58.3 Å². The molecule has 0 bridgehead atoms. The third kappa shape index (κ3) is 2.98. The quantitative estimate of drug-likeness (QED) is 0.801. The Morgan fingerprint density at radius 1 is 1.19 bits per heavy atom. The molecule has 1 aliphatic carbocycles. The molecule has 0 aromatic heterocycles. The van der Waals surface area contributed by atoms with E-state index in [1.165, 1.54) is 44.9 Å². The number of hydrogen-bond acceptors (Lipinski definition) is 2. The van der Waals surface area contributed by atoms with Gasteiger partial charge in [0.2, 0.25) is 0 Å². The van der Waals surface area contributed by atoms with Gasteiger partial charge >= 0.3 is 0 Å². The molecule has 0 spiro atoms. The van der Waals surface area contributed by atoms with Gasteiger partial charge in [-0.2, -0.15) is 0 Å². The van der Waals surface area contributed by atoms with Gasteiger partial charge in [-0.05, 0) is 43.9 Å². The van der Waals surface area contributed by atoms with Crippen molar-refractivity contribution in [3.05, 3.63) is 0 Å². The monoisotopic (exact) mass is 226 g/mol. The first-order chi connectivity index (χ1) is 7.81. The van der Waals surface area contributed by atoms with E-state index < -0.39 is 0 Å². The van der Waals surface area contributed by atoms with Crippen molar-refractivity contribution in [1.29, 1.82) is 0 Å². The first-order valence-corrected chi connectivity index (χ1v) is 7.11. The van der Waals surface area contributed by atoms with E-state index in [0.717, 1.165) is 18.9 Å². The number of rotatable bonds is 3. The van der Waals surface area contributed by atoms with Gasteiger partial charge in [0.1, 0.15) is 0 Å². The van der Waals surface area contributed by atoms with Gasteiger partial charge in [-0.3, -0.25) is 0 Å². The van der Waals surface area contributed by atoms with Gasteiger partial charge in [0.25, 0.3) is 0 Å². The summed E-state index contributed by atoms with van der Waals surface area (Å²) in [4.78, 5) is 0. The molecule has 2 heteroatoms. The number of aliphatic hydroxyl groups excluding tert-OH is 1. The van der Waals surface area contributed by atoms with Crippen LogP contribution in [0.15, 0.2) is 0 Å².